The van der Waals surface area contributed by atoms with E-state index in [1.54, 1.807) is 19.1 Å². The van der Waals surface area contributed by atoms with Crippen molar-refractivity contribution in [1.29, 1.82) is 0 Å². The summed E-state index contributed by atoms with van der Waals surface area (Å²) in [5, 5.41) is 0.271. The lowest BCUT2D eigenvalue weighted by molar-refractivity contribution is -0.137. The maximum absolute atomic E-state index is 11.8. The zero-order valence-corrected chi connectivity index (χ0v) is 10.9. The van der Waals surface area contributed by atoms with Crippen LogP contribution < -0.4 is 0 Å². The number of carbonyl (C=O) groups is 2. The molecule has 1 aromatic rings. The smallest absolute Gasteiger partial charge is 0.379 e. The molecule has 0 aliphatic rings. The van der Waals surface area contributed by atoms with E-state index in [1.165, 1.54) is 0 Å². The molecule has 0 atom stereocenters. The van der Waals surface area contributed by atoms with E-state index in [2.05, 4.69) is 4.74 Å². The second-order valence-corrected chi connectivity index (χ2v) is 4.35. The van der Waals surface area contributed by atoms with Crippen LogP contribution in [0.4, 0.5) is 0 Å². The monoisotopic (exact) mass is 254 g/mol. The van der Waals surface area contributed by atoms with Gasteiger partial charge in [-0.3, -0.25) is 4.79 Å². The van der Waals surface area contributed by atoms with Crippen molar-refractivity contribution in [3.8, 4) is 0 Å². The summed E-state index contributed by atoms with van der Waals surface area (Å²) in [6.07, 6.45) is 0. The van der Waals surface area contributed by atoms with E-state index in [0.717, 1.165) is 5.56 Å². The molecule has 0 aliphatic carbocycles. The average Bonchev–Trinajstić information content (AvgIpc) is 2.28. The number of hydrogen-bond acceptors (Lipinski definition) is 3. The van der Waals surface area contributed by atoms with E-state index in [0.29, 0.717) is 0 Å². The van der Waals surface area contributed by atoms with Crippen LogP contribution in [-0.2, 0) is 9.53 Å². The van der Waals surface area contributed by atoms with Crippen molar-refractivity contribution in [2.45, 2.75) is 26.7 Å². The number of halogens is 1. The molecule has 0 amide bonds. The van der Waals surface area contributed by atoms with E-state index >= 15 is 0 Å². The lowest BCUT2D eigenvalue weighted by Gasteiger charge is -2.09. The zero-order valence-electron chi connectivity index (χ0n) is 10.1. The van der Waals surface area contributed by atoms with Crippen molar-refractivity contribution in [3.63, 3.8) is 0 Å². The van der Waals surface area contributed by atoms with E-state index in [4.69, 9.17) is 11.6 Å². The van der Waals surface area contributed by atoms with Crippen LogP contribution in [0.25, 0.3) is 0 Å². The third-order valence-electron chi connectivity index (χ3n) is 2.36. The number of ketones is 1. The van der Waals surface area contributed by atoms with Crippen molar-refractivity contribution in [1.82, 2.24) is 0 Å². The van der Waals surface area contributed by atoms with Gasteiger partial charge in [0.1, 0.15) is 0 Å². The second kappa shape index (κ2) is 5.82. The maximum atomic E-state index is 11.8. The molecule has 0 fully saturated rings. The Bertz CT molecular complexity index is 438. The Balaban J connectivity index is 3.08. The van der Waals surface area contributed by atoms with Gasteiger partial charge < -0.3 is 4.74 Å². The molecule has 4 heteroatoms. The van der Waals surface area contributed by atoms with Crippen molar-refractivity contribution >= 4 is 23.4 Å². The number of hydrogen-bond donors (Lipinski definition) is 0. The summed E-state index contributed by atoms with van der Waals surface area (Å²) < 4.78 is 4.67. The summed E-state index contributed by atoms with van der Waals surface area (Å²) in [5.41, 5.74) is 1.17. The highest BCUT2D eigenvalue weighted by Gasteiger charge is 2.21. The van der Waals surface area contributed by atoms with E-state index in [9.17, 15) is 9.59 Å². The van der Waals surface area contributed by atoms with Gasteiger partial charge in [-0.25, -0.2) is 4.79 Å². The van der Waals surface area contributed by atoms with Crippen molar-refractivity contribution < 1.29 is 14.3 Å². The minimum absolute atomic E-state index is 0.173. The van der Waals surface area contributed by atoms with Gasteiger partial charge in [-0.1, -0.05) is 31.5 Å². The van der Waals surface area contributed by atoms with Gasteiger partial charge >= 0.3 is 5.97 Å². The highest BCUT2D eigenvalue weighted by Crippen LogP contribution is 2.23. The van der Waals surface area contributed by atoms with Crippen LogP contribution in [0.15, 0.2) is 18.2 Å². The molecule has 0 saturated carbocycles. The molecule has 0 unspecified atom stereocenters. The minimum atomic E-state index is -0.865. The van der Waals surface area contributed by atoms with Crippen molar-refractivity contribution in [2.24, 2.45) is 0 Å². The topological polar surface area (TPSA) is 43.4 Å². The summed E-state index contributed by atoms with van der Waals surface area (Å²) in [4.78, 5) is 23.1. The Morgan fingerprint density at radius 3 is 2.53 bits per heavy atom. The van der Waals surface area contributed by atoms with E-state index < -0.39 is 11.8 Å². The van der Waals surface area contributed by atoms with Crippen LogP contribution in [0.5, 0.6) is 0 Å². The molecule has 1 rings (SSSR count). The molecule has 0 aliphatic heterocycles. The van der Waals surface area contributed by atoms with Crippen molar-refractivity contribution in [3.05, 3.63) is 34.3 Å². The summed E-state index contributed by atoms with van der Waals surface area (Å²) in [7, 11) is 0. The summed E-state index contributed by atoms with van der Waals surface area (Å²) in [5.74, 6) is -1.30. The van der Waals surface area contributed by atoms with Gasteiger partial charge in [-0.05, 0) is 30.5 Å². The molecule has 0 radical (unpaired) electrons. The Morgan fingerprint density at radius 1 is 1.35 bits per heavy atom. The summed E-state index contributed by atoms with van der Waals surface area (Å²) in [6.45, 7) is 5.83. The molecule has 92 valence electrons. The number of carbonyl (C=O) groups excluding carboxylic acids is 2. The Kier molecular flexibility index (Phi) is 4.70. The van der Waals surface area contributed by atoms with Crippen LogP contribution in [0.2, 0.25) is 5.02 Å². The lowest BCUT2D eigenvalue weighted by Crippen LogP contribution is -2.18. The quantitative estimate of drug-likeness (QED) is 0.471. The van der Waals surface area contributed by atoms with Gasteiger partial charge in [-0.2, -0.15) is 0 Å². The van der Waals surface area contributed by atoms with Gasteiger partial charge in [0, 0.05) is 5.56 Å². The number of rotatable bonds is 4. The second-order valence-electron chi connectivity index (χ2n) is 3.94. The molecule has 3 nitrogen and oxygen atoms in total. The van der Waals surface area contributed by atoms with Crippen LogP contribution in [0, 0.1) is 0 Å². The Morgan fingerprint density at radius 2 is 2.00 bits per heavy atom. The first-order chi connectivity index (χ1) is 7.97. The number of ether oxygens (including phenoxy) is 1. The maximum Gasteiger partial charge on any atom is 0.379 e. The highest BCUT2D eigenvalue weighted by atomic mass is 35.5. The minimum Gasteiger partial charge on any atom is -0.460 e. The molecule has 0 bridgehead atoms. The molecular weight excluding hydrogens is 240 g/mol. The molecular formula is C13H15ClO3. The molecule has 0 spiro atoms. The molecule has 0 N–H and O–H groups in total. The fourth-order valence-electron chi connectivity index (χ4n) is 1.38. The molecule has 0 saturated heterocycles. The van der Waals surface area contributed by atoms with Crippen LogP contribution in [0.3, 0.4) is 0 Å². The molecule has 0 aromatic heterocycles. The zero-order chi connectivity index (χ0) is 13.0. The first-order valence-corrected chi connectivity index (χ1v) is 5.86. The molecule has 1 aromatic carbocycles. The standard InChI is InChI=1S/C13H15ClO3/c1-4-17-13(16)12(15)10-7-9(8(2)3)5-6-11(10)14/h5-8H,4H2,1-3H3. The fourth-order valence-corrected chi connectivity index (χ4v) is 1.59. The van der Waals surface area contributed by atoms with Gasteiger partial charge in [0.15, 0.2) is 0 Å². The average molecular weight is 255 g/mol. The predicted molar refractivity (Wildman–Crippen MR) is 66.5 cm³/mol. The molecule has 17 heavy (non-hydrogen) atoms. The van der Waals surface area contributed by atoms with Crippen LogP contribution in [0.1, 0.15) is 42.6 Å². The number of esters is 1. The third kappa shape index (κ3) is 3.30. The first kappa shape index (κ1) is 13.7. The highest BCUT2D eigenvalue weighted by molar-refractivity contribution is 6.45. The van der Waals surface area contributed by atoms with Gasteiger partial charge in [-0.15, -0.1) is 0 Å². The van der Waals surface area contributed by atoms with Gasteiger partial charge in [0.05, 0.1) is 11.6 Å². The van der Waals surface area contributed by atoms with Gasteiger partial charge in [0.2, 0.25) is 0 Å². The molecule has 0 heterocycles. The third-order valence-corrected chi connectivity index (χ3v) is 2.69. The predicted octanol–water partition coefficient (Wildman–Crippen LogP) is 3.21. The van der Waals surface area contributed by atoms with E-state index in [1.807, 2.05) is 19.9 Å². The normalized spacial score (nSPS) is 10.4. The lowest BCUT2D eigenvalue weighted by atomic mass is 9.99. The Labute approximate surface area is 106 Å². The van der Waals surface area contributed by atoms with E-state index in [-0.39, 0.29) is 23.1 Å². The Hall–Kier alpha value is -1.35. The van der Waals surface area contributed by atoms with Crippen molar-refractivity contribution in [2.75, 3.05) is 6.61 Å². The number of benzene rings is 1. The fraction of sp³-hybridized carbons (Fsp3) is 0.385. The summed E-state index contributed by atoms with van der Waals surface area (Å²) in [6, 6.07) is 5.12. The largest absolute Gasteiger partial charge is 0.460 e. The first-order valence-electron chi connectivity index (χ1n) is 5.48. The SMILES string of the molecule is CCOC(=O)C(=O)c1cc(C(C)C)ccc1Cl. The van der Waals surface area contributed by atoms with Gasteiger partial charge in [0.25, 0.3) is 5.78 Å². The number of Topliss-reactive ketones (excluding diaryl/α,β-unsaturated/α-hetero) is 1. The van der Waals surface area contributed by atoms with Crippen LogP contribution >= 0.6 is 11.6 Å². The van der Waals surface area contributed by atoms with Crippen LogP contribution in [-0.4, -0.2) is 18.4 Å². The summed E-state index contributed by atoms with van der Waals surface area (Å²) >= 11 is 5.91.